The number of hydrogen-bond donors (Lipinski definition) is 0. The van der Waals surface area contributed by atoms with Gasteiger partial charge in [0.25, 0.3) is 6.29 Å². The first-order valence-electron chi connectivity index (χ1n) is 7.41. The Kier molecular flexibility index (Phi) is 6.75. The number of rotatable bonds is 6. The molecule has 6 nitrogen and oxygen atoms in total. The summed E-state index contributed by atoms with van der Waals surface area (Å²) in [6.07, 6.45) is -2.09. The summed E-state index contributed by atoms with van der Waals surface area (Å²) < 4.78 is 15.2. The number of carbonyl (C=O) groups excluding carboxylic acids is 3. The standard InChI is InChI=1S/C17H22O6/c1-10(2)15(19)22-16(11(3)4)23-17(20)21-14-9-7-6-8-13(14)12(5)18/h6-11,16H,1-5H3. The Morgan fingerprint density at radius 1 is 0.957 bits per heavy atom. The molecule has 0 fully saturated rings. The van der Waals surface area contributed by atoms with E-state index in [2.05, 4.69) is 0 Å². The van der Waals surface area contributed by atoms with Crippen LogP contribution in [0.1, 0.15) is 45.0 Å². The Morgan fingerprint density at radius 3 is 2.09 bits per heavy atom. The van der Waals surface area contributed by atoms with Crippen LogP contribution in [0.5, 0.6) is 5.75 Å². The molecule has 1 rings (SSSR count). The fourth-order valence-corrected chi connectivity index (χ4v) is 1.60. The summed E-state index contributed by atoms with van der Waals surface area (Å²) in [6.45, 7) is 8.22. The first-order valence-corrected chi connectivity index (χ1v) is 7.41. The average Bonchev–Trinajstić information content (AvgIpc) is 2.46. The van der Waals surface area contributed by atoms with E-state index in [1.165, 1.54) is 13.0 Å². The smallest absolute Gasteiger partial charge is 0.425 e. The third kappa shape index (κ3) is 5.73. The van der Waals surface area contributed by atoms with Crippen LogP contribution in [-0.2, 0) is 14.3 Å². The minimum Gasteiger partial charge on any atom is -0.425 e. The van der Waals surface area contributed by atoms with Gasteiger partial charge >= 0.3 is 12.1 Å². The van der Waals surface area contributed by atoms with Gasteiger partial charge in [-0.15, -0.1) is 0 Å². The maximum atomic E-state index is 11.9. The van der Waals surface area contributed by atoms with Gasteiger partial charge in [0.2, 0.25) is 0 Å². The van der Waals surface area contributed by atoms with Crippen molar-refractivity contribution in [2.45, 2.75) is 40.9 Å². The third-order valence-corrected chi connectivity index (χ3v) is 2.92. The van der Waals surface area contributed by atoms with E-state index in [0.717, 1.165) is 0 Å². The fraction of sp³-hybridized carbons (Fsp3) is 0.471. The van der Waals surface area contributed by atoms with E-state index in [0.29, 0.717) is 0 Å². The van der Waals surface area contributed by atoms with Crippen molar-refractivity contribution in [1.82, 2.24) is 0 Å². The zero-order chi connectivity index (χ0) is 17.6. The lowest BCUT2D eigenvalue weighted by Gasteiger charge is -2.22. The lowest BCUT2D eigenvalue weighted by atomic mass is 10.1. The minimum atomic E-state index is -1.05. The number of Topliss-reactive ketones (excluding diaryl/α,β-unsaturated/α-hetero) is 1. The summed E-state index contributed by atoms with van der Waals surface area (Å²) in [4.78, 5) is 35.0. The molecule has 1 unspecified atom stereocenters. The molecule has 126 valence electrons. The Bertz CT molecular complexity index is 576. The molecular formula is C17H22O6. The molecule has 1 atom stereocenters. The molecule has 1 aromatic rings. The number of hydrogen-bond acceptors (Lipinski definition) is 6. The van der Waals surface area contributed by atoms with E-state index in [-0.39, 0.29) is 28.9 Å². The monoisotopic (exact) mass is 322 g/mol. The van der Waals surface area contributed by atoms with Gasteiger partial charge in [0.15, 0.2) is 5.78 Å². The van der Waals surface area contributed by atoms with E-state index in [1.54, 1.807) is 45.9 Å². The highest BCUT2D eigenvalue weighted by Crippen LogP contribution is 2.20. The highest BCUT2D eigenvalue weighted by atomic mass is 16.8. The molecule has 0 spiro atoms. The number of ketones is 1. The van der Waals surface area contributed by atoms with Gasteiger partial charge in [-0.05, 0) is 19.1 Å². The number of carbonyl (C=O) groups is 3. The number of benzene rings is 1. The second-order valence-corrected chi connectivity index (χ2v) is 5.73. The number of ether oxygens (including phenoxy) is 3. The molecule has 23 heavy (non-hydrogen) atoms. The predicted molar refractivity (Wildman–Crippen MR) is 83.1 cm³/mol. The van der Waals surface area contributed by atoms with Crippen LogP contribution in [0.2, 0.25) is 0 Å². The Morgan fingerprint density at radius 2 is 1.57 bits per heavy atom. The molecular weight excluding hydrogens is 300 g/mol. The number of esters is 1. The van der Waals surface area contributed by atoms with Crippen LogP contribution in [-0.4, -0.2) is 24.2 Å². The summed E-state index contributed by atoms with van der Waals surface area (Å²) in [5.74, 6) is -1.19. The van der Waals surface area contributed by atoms with Crippen molar-refractivity contribution in [2.24, 2.45) is 11.8 Å². The van der Waals surface area contributed by atoms with Crippen LogP contribution in [0, 0.1) is 11.8 Å². The van der Waals surface area contributed by atoms with Crippen molar-refractivity contribution >= 4 is 17.9 Å². The quantitative estimate of drug-likeness (QED) is 0.345. The topological polar surface area (TPSA) is 78.9 Å². The van der Waals surface area contributed by atoms with Crippen LogP contribution in [0.3, 0.4) is 0 Å². The van der Waals surface area contributed by atoms with Crippen LogP contribution >= 0.6 is 0 Å². The molecule has 0 amide bonds. The van der Waals surface area contributed by atoms with Crippen molar-refractivity contribution < 1.29 is 28.6 Å². The molecule has 0 aliphatic heterocycles. The second kappa shape index (κ2) is 8.31. The fourth-order valence-electron chi connectivity index (χ4n) is 1.60. The van der Waals surface area contributed by atoms with Gasteiger partial charge in [-0.25, -0.2) is 4.79 Å². The zero-order valence-corrected chi connectivity index (χ0v) is 14.0. The average molecular weight is 322 g/mol. The highest BCUT2D eigenvalue weighted by Gasteiger charge is 2.25. The molecule has 0 radical (unpaired) electrons. The van der Waals surface area contributed by atoms with E-state index in [1.807, 2.05) is 0 Å². The van der Waals surface area contributed by atoms with Gasteiger partial charge in [-0.3, -0.25) is 9.59 Å². The normalized spacial score (nSPS) is 12.0. The molecule has 0 saturated carbocycles. The molecule has 0 aliphatic carbocycles. The Balaban J connectivity index is 2.77. The predicted octanol–water partition coefficient (Wildman–Crippen LogP) is 3.59. The maximum absolute atomic E-state index is 11.9. The largest absolute Gasteiger partial charge is 0.516 e. The van der Waals surface area contributed by atoms with Gasteiger partial charge in [-0.1, -0.05) is 39.8 Å². The maximum Gasteiger partial charge on any atom is 0.516 e. The Labute approximate surface area is 135 Å². The van der Waals surface area contributed by atoms with Crippen LogP contribution in [0.25, 0.3) is 0 Å². The van der Waals surface area contributed by atoms with Gasteiger partial charge in [-0.2, -0.15) is 0 Å². The van der Waals surface area contributed by atoms with Crippen molar-refractivity contribution in [1.29, 1.82) is 0 Å². The molecule has 0 aliphatic rings. The van der Waals surface area contributed by atoms with Gasteiger partial charge < -0.3 is 14.2 Å². The van der Waals surface area contributed by atoms with Gasteiger partial charge in [0.1, 0.15) is 5.75 Å². The van der Waals surface area contributed by atoms with E-state index < -0.39 is 18.4 Å². The first kappa shape index (κ1) is 18.7. The molecule has 0 N–H and O–H groups in total. The van der Waals surface area contributed by atoms with E-state index >= 15 is 0 Å². The minimum absolute atomic E-state index is 0.0997. The van der Waals surface area contributed by atoms with Crippen LogP contribution in [0.15, 0.2) is 24.3 Å². The van der Waals surface area contributed by atoms with Crippen LogP contribution < -0.4 is 4.74 Å². The van der Waals surface area contributed by atoms with Crippen molar-refractivity contribution in [3.8, 4) is 5.75 Å². The highest BCUT2D eigenvalue weighted by molar-refractivity contribution is 5.97. The summed E-state index contributed by atoms with van der Waals surface area (Å²) in [5, 5.41) is 0. The SMILES string of the molecule is CC(=O)c1ccccc1OC(=O)OC(OC(=O)C(C)C)C(C)C. The van der Waals surface area contributed by atoms with Crippen molar-refractivity contribution in [3.63, 3.8) is 0 Å². The van der Waals surface area contributed by atoms with E-state index in [4.69, 9.17) is 14.2 Å². The number of para-hydroxylation sites is 1. The molecule has 0 saturated heterocycles. The van der Waals surface area contributed by atoms with Crippen LogP contribution in [0.4, 0.5) is 4.79 Å². The molecule has 1 aromatic carbocycles. The molecule has 6 heteroatoms. The summed E-state index contributed by atoms with van der Waals surface area (Å²) in [7, 11) is 0. The molecule has 0 aromatic heterocycles. The summed E-state index contributed by atoms with van der Waals surface area (Å²) in [5.41, 5.74) is 0.268. The molecule has 0 heterocycles. The lowest BCUT2D eigenvalue weighted by Crippen LogP contribution is -2.32. The molecule has 0 bridgehead atoms. The second-order valence-electron chi connectivity index (χ2n) is 5.73. The lowest BCUT2D eigenvalue weighted by molar-refractivity contribution is -0.180. The van der Waals surface area contributed by atoms with Crippen molar-refractivity contribution in [2.75, 3.05) is 0 Å². The summed E-state index contributed by atoms with van der Waals surface area (Å²) >= 11 is 0. The van der Waals surface area contributed by atoms with Gasteiger partial charge in [0, 0.05) is 5.92 Å². The van der Waals surface area contributed by atoms with Gasteiger partial charge in [0.05, 0.1) is 11.5 Å². The first-order chi connectivity index (χ1) is 10.7. The van der Waals surface area contributed by atoms with Crippen molar-refractivity contribution in [3.05, 3.63) is 29.8 Å². The third-order valence-electron chi connectivity index (χ3n) is 2.92. The van der Waals surface area contributed by atoms with E-state index in [9.17, 15) is 14.4 Å². The summed E-state index contributed by atoms with van der Waals surface area (Å²) in [6, 6.07) is 6.33. The zero-order valence-electron chi connectivity index (χ0n) is 14.0. The Hall–Kier alpha value is -2.37.